The Kier molecular flexibility index (Phi) is 4.68. The summed E-state index contributed by atoms with van der Waals surface area (Å²) < 4.78 is 0. The van der Waals surface area contributed by atoms with Crippen molar-refractivity contribution in [1.82, 2.24) is 5.32 Å². The van der Waals surface area contributed by atoms with Crippen LogP contribution in [-0.4, -0.2) is 14.1 Å². The zero-order chi connectivity index (χ0) is 10.4. The number of hydrogen-bond donors (Lipinski definition) is 1. The summed E-state index contributed by atoms with van der Waals surface area (Å²) in [5.74, 6) is 0.924. The molecule has 0 unspecified atom stereocenters. The first-order valence-electron chi connectivity index (χ1n) is 5.47. The van der Waals surface area contributed by atoms with Crippen LogP contribution in [0.1, 0.15) is 24.5 Å². The van der Waals surface area contributed by atoms with Crippen LogP contribution in [0.4, 0.5) is 0 Å². The van der Waals surface area contributed by atoms with Crippen molar-refractivity contribution in [3.63, 3.8) is 0 Å². The minimum Gasteiger partial charge on any atom is -0.323 e. The van der Waals surface area contributed by atoms with Crippen molar-refractivity contribution in [3.8, 4) is 0 Å². The molecule has 2 rings (SSSR count). The molecule has 0 fully saturated rings. The van der Waals surface area contributed by atoms with Crippen LogP contribution >= 0.6 is 0 Å². The molecule has 0 heterocycles. The monoisotopic (exact) mass is 191 g/mol. The van der Waals surface area contributed by atoms with E-state index in [1.54, 1.807) is 11.1 Å². The smallest absolute Gasteiger partial charge is 0.0167 e. The summed E-state index contributed by atoms with van der Waals surface area (Å²) in [5.41, 5.74) is 3.17. The van der Waals surface area contributed by atoms with Gasteiger partial charge in [-0.05, 0) is 44.0 Å². The van der Waals surface area contributed by atoms with E-state index >= 15 is 0 Å². The second kappa shape index (κ2) is 5.82. The highest BCUT2D eigenvalue weighted by Gasteiger charge is 2.18. The van der Waals surface area contributed by atoms with Crippen LogP contribution in [0.3, 0.4) is 0 Å². The van der Waals surface area contributed by atoms with E-state index in [0.29, 0.717) is 0 Å². The summed E-state index contributed by atoms with van der Waals surface area (Å²) in [5, 5.41) is 2.75. The predicted octanol–water partition coefficient (Wildman–Crippen LogP) is 2.65. The zero-order valence-corrected chi connectivity index (χ0v) is 9.51. The van der Waals surface area contributed by atoms with Crippen molar-refractivity contribution < 1.29 is 0 Å². The minimum absolute atomic E-state index is 0.924. The van der Waals surface area contributed by atoms with Gasteiger partial charge in [0.05, 0.1) is 0 Å². The highest BCUT2D eigenvalue weighted by atomic mass is 14.7. The minimum atomic E-state index is 0.924. The summed E-state index contributed by atoms with van der Waals surface area (Å²) in [6.45, 7) is 2.29. The predicted molar refractivity (Wildman–Crippen MR) is 62.6 cm³/mol. The van der Waals surface area contributed by atoms with E-state index in [2.05, 4.69) is 36.5 Å². The van der Waals surface area contributed by atoms with Gasteiger partial charge in [-0.2, -0.15) is 0 Å². The van der Waals surface area contributed by atoms with Gasteiger partial charge in [-0.3, -0.25) is 0 Å². The van der Waals surface area contributed by atoms with Crippen LogP contribution in [0.2, 0.25) is 0 Å². The molecular formula is C13H21N. The average molecular weight is 191 g/mol. The fourth-order valence-electron chi connectivity index (χ4n) is 1.94. The molecule has 1 heteroatoms. The van der Waals surface area contributed by atoms with Crippen molar-refractivity contribution in [2.24, 2.45) is 5.92 Å². The number of fused-ring (bicyclic) bond motifs is 1. The Morgan fingerprint density at radius 1 is 1.14 bits per heavy atom. The topological polar surface area (TPSA) is 12.0 Å². The molecule has 0 amide bonds. The van der Waals surface area contributed by atoms with Crippen LogP contribution in [0.15, 0.2) is 24.3 Å². The highest BCUT2D eigenvalue weighted by Crippen LogP contribution is 2.27. The van der Waals surface area contributed by atoms with Gasteiger partial charge in [0.2, 0.25) is 0 Å². The molecule has 0 saturated carbocycles. The van der Waals surface area contributed by atoms with Gasteiger partial charge in [-0.25, -0.2) is 0 Å². The molecule has 0 bridgehead atoms. The molecule has 78 valence electrons. The number of hydrogen-bond acceptors (Lipinski definition) is 1. The first-order valence-corrected chi connectivity index (χ1v) is 5.47. The molecule has 0 spiro atoms. The van der Waals surface area contributed by atoms with Crippen molar-refractivity contribution in [2.45, 2.75) is 26.2 Å². The van der Waals surface area contributed by atoms with Gasteiger partial charge >= 0.3 is 0 Å². The lowest BCUT2D eigenvalue weighted by atomic mass is 10.0. The maximum absolute atomic E-state index is 2.75. The molecule has 0 atom stereocenters. The van der Waals surface area contributed by atoms with Gasteiger partial charge in [0.15, 0.2) is 0 Å². The quantitative estimate of drug-likeness (QED) is 0.719. The Labute approximate surface area is 87.5 Å². The third kappa shape index (κ3) is 2.85. The molecule has 0 radical (unpaired) electrons. The van der Waals surface area contributed by atoms with Crippen molar-refractivity contribution in [3.05, 3.63) is 35.4 Å². The largest absolute Gasteiger partial charge is 0.323 e. The van der Waals surface area contributed by atoms with Crippen LogP contribution in [-0.2, 0) is 12.8 Å². The summed E-state index contributed by atoms with van der Waals surface area (Å²) in [6, 6.07) is 8.84. The lowest BCUT2D eigenvalue weighted by Crippen LogP contribution is -1.95. The molecule has 1 nitrogen and oxygen atoms in total. The summed E-state index contributed by atoms with van der Waals surface area (Å²) in [4.78, 5) is 0. The Hall–Kier alpha value is -0.820. The highest BCUT2D eigenvalue weighted by molar-refractivity contribution is 5.31. The lowest BCUT2D eigenvalue weighted by Gasteiger charge is -2.01. The van der Waals surface area contributed by atoms with Crippen LogP contribution in [0.5, 0.6) is 0 Å². The van der Waals surface area contributed by atoms with E-state index in [1.807, 2.05) is 14.1 Å². The van der Waals surface area contributed by atoms with Gasteiger partial charge in [0, 0.05) is 0 Å². The Morgan fingerprint density at radius 3 is 1.93 bits per heavy atom. The third-order valence-electron chi connectivity index (χ3n) is 2.71. The maximum atomic E-state index is 2.75. The number of benzene rings is 1. The van der Waals surface area contributed by atoms with E-state index in [4.69, 9.17) is 0 Å². The maximum Gasteiger partial charge on any atom is -0.0167 e. The van der Waals surface area contributed by atoms with Crippen LogP contribution in [0, 0.1) is 5.92 Å². The van der Waals surface area contributed by atoms with Crippen molar-refractivity contribution in [1.29, 1.82) is 0 Å². The number of rotatable bonds is 1. The molecule has 1 aromatic rings. The Balaban J connectivity index is 0.000000293. The second-order valence-electron chi connectivity index (χ2n) is 3.95. The first-order chi connectivity index (χ1) is 6.81. The van der Waals surface area contributed by atoms with Gasteiger partial charge in [-0.1, -0.05) is 37.6 Å². The van der Waals surface area contributed by atoms with Gasteiger partial charge in [-0.15, -0.1) is 0 Å². The zero-order valence-electron chi connectivity index (χ0n) is 9.51. The first kappa shape index (κ1) is 11.3. The molecule has 1 N–H and O–H groups in total. The average Bonchev–Trinajstić information content (AvgIpc) is 2.61. The summed E-state index contributed by atoms with van der Waals surface area (Å²) in [7, 11) is 3.75. The fourth-order valence-corrected chi connectivity index (χ4v) is 1.94. The SMILES string of the molecule is CCC1Cc2ccccc2C1.CNC. The van der Waals surface area contributed by atoms with E-state index in [9.17, 15) is 0 Å². The van der Waals surface area contributed by atoms with E-state index in [-0.39, 0.29) is 0 Å². The third-order valence-corrected chi connectivity index (χ3v) is 2.71. The Morgan fingerprint density at radius 2 is 1.57 bits per heavy atom. The van der Waals surface area contributed by atoms with E-state index < -0.39 is 0 Å². The molecule has 14 heavy (non-hydrogen) atoms. The summed E-state index contributed by atoms with van der Waals surface area (Å²) >= 11 is 0. The Bertz CT molecular complexity index is 243. The van der Waals surface area contributed by atoms with Gasteiger partial charge < -0.3 is 5.32 Å². The van der Waals surface area contributed by atoms with Gasteiger partial charge in [0.25, 0.3) is 0 Å². The van der Waals surface area contributed by atoms with Crippen molar-refractivity contribution in [2.75, 3.05) is 14.1 Å². The van der Waals surface area contributed by atoms with Gasteiger partial charge in [0.1, 0.15) is 0 Å². The number of nitrogens with one attached hydrogen (secondary N) is 1. The molecule has 0 aliphatic heterocycles. The van der Waals surface area contributed by atoms with Crippen LogP contribution < -0.4 is 5.32 Å². The van der Waals surface area contributed by atoms with Crippen molar-refractivity contribution >= 4 is 0 Å². The second-order valence-corrected chi connectivity index (χ2v) is 3.95. The molecule has 0 saturated heterocycles. The molecule has 1 aromatic carbocycles. The van der Waals surface area contributed by atoms with E-state index in [1.165, 1.54) is 19.3 Å². The molecular weight excluding hydrogens is 170 g/mol. The van der Waals surface area contributed by atoms with E-state index in [0.717, 1.165) is 5.92 Å². The summed E-state index contributed by atoms with van der Waals surface area (Å²) in [6.07, 6.45) is 3.95. The molecule has 1 aliphatic rings. The molecule has 0 aromatic heterocycles. The fraction of sp³-hybridized carbons (Fsp3) is 0.538. The standard InChI is InChI=1S/C11H14.C2H7N/c1-2-9-7-10-5-3-4-6-11(10)8-9;1-3-2/h3-6,9H,2,7-8H2,1H3;3H,1-2H3. The molecule has 1 aliphatic carbocycles. The lowest BCUT2D eigenvalue weighted by molar-refractivity contribution is 0.543. The normalized spacial score (nSPS) is 14.5. The van der Waals surface area contributed by atoms with Crippen LogP contribution in [0.25, 0.3) is 0 Å².